The highest BCUT2D eigenvalue weighted by molar-refractivity contribution is 7.99. The van der Waals surface area contributed by atoms with Crippen LogP contribution >= 0.6 is 11.8 Å². The number of nitrogens with one attached hydrogen (secondary N) is 1. The van der Waals surface area contributed by atoms with Crippen molar-refractivity contribution in [2.45, 2.75) is 24.8 Å². The fourth-order valence-electron chi connectivity index (χ4n) is 2.58. The minimum absolute atomic E-state index is 0.0667. The molecule has 0 aliphatic rings. The molecule has 0 aliphatic heterocycles. The number of rotatable bonds is 7. The minimum atomic E-state index is -4.39. The van der Waals surface area contributed by atoms with E-state index >= 15 is 0 Å². The van der Waals surface area contributed by atoms with Gasteiger partial charge in [-0.2, -0.15) is 18.3 Å². The Hall–Kier alpha value is -3.14. The molecule has 0 atom stereocenters. The average Bonchev–Trinajstić information content (AvgIpc) is 3.15. The Morgan fingerprint density at radius 3 is 2.47 bits per heavy atom. The van der Waals surface area contributed by atoms with E-state index in [1.165, 1.54) is 30.1 Å². The monoisotopic (exact) mass is 433 g/mol. The highest BCUT2D eigenvalue weighted by Crippen LogP contribution is 2.29. The van der Waals surface area contributed by atoms with E-state index in [1.807, 2.05) is 41.8 Å². The molecular formula is C20H18F3N5OS. The quantitative estimate of drug-likeness (QED) is 0.344. The number of hydrogen-bond donors (Lipinski definition) is 1. The van der Waals surface area contributed by atoms with Crippen molar-refractivity contribution in [2.24, 2.45) is 5.10 Å². The van der Waals surface area contributed by atoms with Crippen LogP contribution < -0.4 is 5.43 Å². The molecule has 0 fully saturated rings. The molecule has 6 nitrogen and oxygen atoms in total. The lowest BCUT2D eigenvalue weighted by molar-refractivity contribution is -0.137. The maximum atomic E-state index is 12.5. The first-order chi connectivity index (χ1) is 14.4. The second-order valence-corrected chi connectivity index (χ2v) is 7.06. The second-order valence-electron chi connectivity index (χ2n) is 6.12. The SMILES string of the molecule is CCn1c(SCC(=O)N/N=C/c2ccc(C(F)(F)F)cc2)nnc1-c1ccccc1. The van der Waals surface area contributed by atoms with Gasteiger partial charge in [0.1, 0.15) is 0 Å². The van der Waals surface area contributed by atoms with Gasteiger partial charge in [-0.25, -0.2) is 5.43 Å². The number of carbonyl (C=O) groups excluding carboxylic acids is 1. The van der Waals surface area contributed by atoms with Crippen molar-refractivity contribution in [1.82, 2.24) is 20.2 Å². The van der Waals surface area contributed by atoms with Gasteiger partial charge in [0.15, 0.2) is 11.0 Å². The van der Waals surface area contributed by atoms with Gasteiger partial charge in [0.2, 0.25) is 0 Å². The number of hydrogen-bond acceptors (Lipinski definition) is 5. The Kier molecular flexibility index (Phi) is 6.88. The zero-order valence-corrected chi connectivity index (χ0v) is 16.7. The number of hydrazone groups is 1. The third-order valence-electron chi connectivity index (χ3n) is 4.04. The predicted molar refractivity (Wildman–Crippen MR) is 109 cm³/mol. The molecule has 1 aromatic heterocycles. The van der Waals surface area contributed by atoms with Crippen molar-refractivity contribution in [3.05, 3.63) is 65.7 Å². The molecule has 0 saturated carbocycles. The van der Waals surface area contributed by atoms with E-state index in [1.54, 1.807) is 0 Å². The van der Waals surface area contributed by atoms with Crippen LogP contribution in [0.5, 0.6) is 0 Å². The zero-order valence-electron chi connectivity index (χ0n) is 15.9. The molecule has 0 saturated heterocycles. The van der Waals surface area contributed by atoms with Crippen LogP contribution in [0.2, 0.25) is 0 Å². The smallest absolute Gasteiger partial charge is 0.302 e. The number of thioether (sulfide) groups is 1. The summed E-state index contributed by atoms with van der Waals surface area (Å²) >= 11 is 1.22. The van der Waals surface area contributed by atoms with Crippen molar-refractivity contribution in [2.75, 3.05) is 5.75 Å². The van der Waals surface area contributed by atoms with Crippen molar-refractivity contribution in [3.63, 3.8) is 0 Å². The summed E-state index contributed by atoms with van der Waals surface area (Å²) in [6.45, 7) is 2.61. The van der Waals surface area contributed by atoms with Crippen LogP contribution in [0.25, 0.3) is 11.4 Å². The van der Waals surface area contributed by atoms with Gasteiger partial charge in [-0.3, -0.25) is 4.79 Å². The maximum absolute atomic E-state index is 12.5. The number of aromatic nitrogens is 3. The van der Waals surface area contributed by atoms with Crippen molar-refractivity contribution >= 4 is 23.9 Å². The Morgan fingerprint density at radius 2 is 1.83 bits per heavy atom. The first kappa shape index (κ1) is 21.6. The standard InChI is InChI=1S/C20H18F3N5OS/c1-2-28-18(15-6-4-3-5-7-15)26-27-19(28)30-13-17(29)25-24-12-14-8-10-16(11-9-14)20(21,22)23/h3-12H,2,13H2,1H3,(H,25,29)/b24-12+. The average molecular weight is 433 g/mol. The molecule has 156 valence electrons. The lowest BCUT2D eigenvalue weighted by Crippen LogP contribution is -2.20. The molecule has 0 radical (unpaired) electrons. The first-order valence-corrected chi connectivity index (χ1v) is 9.97. The third kappa shape index (κ3) is 5.47. The van der Waals surface area contributed by atoms with E-state index < -0.39 is 11.7 Å². The van der Waals surface area contributed by atoms with Crippen molar-refractivity contribution in [1.29, 1.82) is 0 Å². The Bertz CT molecular complexity index is 1020. The van der Waals surface area contributed by atoms with Crippen LogP contribution in [-0.2, 0) is 17.5 Å². The van der Waals surface area contributed by atoms with E-state index in [0.29, 0.717) is 17.3 Å². The molecule has 1 N–H and O–H groups in total. The van der Waals surface area contributed by atoms with E-state index in [9.17, 15) is 18.0 Å². The Balaban J connectivity index is 1.55. The van der Waals surface area contributed by atoms with Gasteiger partial charge in [0.25, 0.3) is 5.91 Å². The number of nitrogens with zero attached hydrogens (tertiary/aromatic N) is 4. The molecular weight excluding hydrogens is 415 g/mol. The predicted octanol–water partition coefficient (Wildman–Crippen LogP) is 4.23. The first-order valence-electron chi connectivity index (χ1n) is 8.99. The van der Waals surface area contributed by atoms with Crippen LogP contribution in [0.4, 0.5) is 13.2 Å². The number of amides is 1. The molecule has 3 rings (SSSR count). The summed E-state index contributed by atoms with van der Waals surface area (Å²) in [7, 11) is 0. The normalized spacial score (nSPS) is 11.7. The summed E-state index contributed by atoms with van der Waals surface area (Å²) in [4.78, 5) is 12.0. The van der Waals surface area contributed by atoms with Crippen LogP contribution in [0.15, 0.2) is 64.9 Å². The summed E-state index contributed by atoms with van der Waals surface area (Å²) in [6.07, 6.45) is -3.11. The number of carbonyl (C=O) groups is 1. The molecule has 0 bridgehead atoms. The lowest BCUT2D eigenvalue weighted by Gasteiger charge is -2.07. The van der Waals surface area contributed by atoms with Gasteiger partial charge < -0.3 is 4.57 Å². The molecule has 10 heteroatoms. The largest absolute Gasteiger partial charge is 0.416 e. The molecule has 0 unspecified atom stereocenters. The van der Waals surface area contributed by atoms with Gasteiger partial charge in [-0.1, -0.05) is 54.2 Å². The molecule has 3 aromatic rings. The highest BCUT2D eigenvalue weighted by Gasteiger charge is 2.29. The fourth-order valence-corrected chi connectivity index (χ4v) is 3.38. The Morgan fingerprint density at radius 1 is 1.13 bits per heavy atom. The molecule has 0 aliphatic carbocycles. The molecule has 0 spiro atoms. The van der Waals surface area contributed by atoms with Gasteiger partial charge in [-0.05, 0) is 24.6 Å². The zero-order chi connectivity index (χ0) is 21.6. The highest BCUT2D eigenvalue weighted by atomic mass is 32.2. The molecule has 1 amide bonds. The summed E-state index contributed by atoms with van der Waals surface area (Å²) in [5, 5.41) is 12.8. The van der Waals surface area contributed by atoms with E-state index in [0.717, 1.165) is 23.5 Å². The summed E-state index contributed by atoms with van der Waals surface area (Å²) in [5.74, 6) is 0.425. The number of benzene rings is 2. The minimum Gasteiger partial charge on any atom is -0.302 e. The van der Waals surface area contributed by atoms with Crippen LogP contribution in [0.1, 0.15) is 18.1 Å². The van der Waals surface area contributed by atoms with Gasteiger partial charge >= 0.3 is 6.18 Å². The van der Waals surface area contributed by atoms with Crippen molar-refractivity contribution < 1.29 is 18.0 Å². The second kappa shape index (κ2) is 9.57. The van der Waals surface area contributed by atoms with Crippen LogP contribution in [-0.4, -0.2) is 32.6 Å². The van der Waals surface area contributed by atoms with Gasteiger partial charge in [0.05, 0.1) is 17.5 Å². The van der Waals surface area contributed by atoms with E-state index in [-0.39, 0.29) is 11.7 Å². The van der Waals surface area contributed by atoms with Crippen LogP contribution in [0, 0.1) is 0 Å². The fraction of sp³-hybridized carbons (Fsp3) is 0.200. The van der Waals surface area contributed by atoms with E-state index in [4.69, 9.17) is 0 Å². The summed E-state index contributed by atoms with van der Waals surface area (Å²) in [6, 6.07) is 14.1. The molecule has 2 aromatic carbocycles. The number of halogens is 3. The molecule has 1 heterocycles. The van der Waals surface area contributed by atoms with E-state index in [2.05, 4.69) is 20.7 Å². The topological polar surface area (TPSA) is 72.2 Å². The lowest BCUT2D eigenvalue weighted by atomic mass is 10.1. The summed E-state index contributed by atoms with van der Waals surface area (Å²) < 4.78 is 39.6. The Labute approximate surface area is 175 Å². The number of alkyl halides is 3. The van der Waals surface area contributed by atoms with Crippen molar-refractivity contribution in [3.8, 4) is 11.4 Å². The molecule has 30 heavy (non-hydrogen) atoms. The van der Waals surface area contributed by atoms with Crippen LogP contribution in [0.3, 0.4) is 0 Å². The maximum Gasteiger partial charge on any atom is 0.416 e. The summed E-state index contributed by atoms with van der Waals surface area (Å²) in [5.41, 5.74) is 2.99. The van der Waals surface area contributed by atoms with Gasteiger partial charge in [-0.15, -0.1) is 10.2 Å². The van der Waals surface area contributed by atoms with Gasteiger partial charge in [0, 0.05) is 12.1 Å². The third-order valence-corrected chi connectivity index (χ3v) is 5.01.